The van der Waals surface area contributed by atoms with Crippen molar-refractivity contribution in [3.63, 3.8) is 0 Å². The highest BCUT2D eigenvalue weighted by Gasteiger charge is 2.35. The number of para-hydroxylation sites is 1. The molecule has 3 aromatic carbocycles. The van der Waals surface area contributed by atoms with Gasteiger partial charge in [-0.15, -0.1) is 11.6 Å². The average molecular weight is 501 g/mol. The van der Waals surface area contributed by atoms with Crippen LogP contribution in [0.5, 0.6) is 0 Å². The van der Waals surface area contributed by atoms with Crippen molar-refractivity contribution in [2.24, 2.45) is 0 Å². The minimum Gasteiger partial charge on any atom is -0.338 e. The maximum absolute atomic E-state index is 13.5. The van der Waals surface area contributed by atoms with Crippen molar-refractivity contribution in [3.05, 3.63) is 102 Å². The Morgan fingerprint density at radius 1 is 0.857 bits per heavy atom. The lowest BCUT2D eigenvalue weighted by molar-refractivity contribution is -0.137. The predicted octanol–water partition coefficient (Wildman–Crippen LogP) is 6.32. The van der Waals surface area contributed by atoms with E-state index in [-0.39, 0.29) is 23.4 Å². The van der Waals surface area contributed by atoms with E-state index in [1.165, 1.54) is 12.1 Å². The molecule has 1 fully saturated rings. The van der Waals surface area contributed by atoms with Crippen LogP contribution in [0.3, 0.4) is 0 Å². The summed E-state index contributed by atoms with van der Waals surface area (Å²) in [5.41, 5.74) is 0.845. The highest BCUT2D eigenvalue weighted by molar-refractivity contribution is 6.33. The summed E-state index contributed by atoms with van der Waals surface area (Å²) in [7, 11) is 0. The Balaban J connectivity index is 1.48. The summed E-state index contributed by atoms with van der Waals surface area (Å²) in [4.78, 5) is 29.7. The minimum atomic E-state index is -4.45. The molecule has 0 aromatic heterocycles. The van der Waals surface area contributed by atoms with Gasteiger partial charge in [0.2, 0.25) is 5.91 Å². The third-order valence-corrected chi connectivity index (χ3v) is 6.60. The molecule has 1 unspecified atom stereocenters. The van der Waals surface area contributed by atoms with Crippen molar-refractivity contribution >= 4 is 29.1 Å². The lowest BCUT2D eigenvalue weighted by Crippen LogP contribution is -2.49. The smallest absolute Gasteiger partial charge is 0.338 e. The molecule has 8 heteroatoms. The second-order valence-corrected chi connectivity index (χ2v) is 8.85. The predicted molar refractivity (Wildman–Crippen MR) is 129 cm³/mol. The number of hydrogen-bond acceptors (Lipinski definition) is 2. The first-order valence-corrected chi connectivity index (χ1v) is 11.7. The fourth-order valence-electron chi connectivity index (χ4n) is 4.30. The largest absolute Gasteiger partial charge is 0.416 e. The molecule has 4 nitrogen and oxygen atoms in total. The molecule has 1 aliphatic heterocycles. The van der Waals surface area contributed by atoms with E-state index in [1.54, 1.807) is 9.80 Å². The summed E-state index contributed by atoms with van der Waals surface area (Å²) >= 11 is 6.59. The van der Waals surface area contributed by atoms with Crippen molar-refractivity contribution in [1.29, 1.82) is 0 Å². The molecule has 0 bridgehead atoms. The van der Waals surface area contributed by atoms with Gasteiger partial charge in [-0.2, -0.15) is 13.2 Å². The van der Waals surface area contributed by atoms with E-state index in [2.05, 4.69) is 0 Å². The number of nitrogens with zero attached hydrogens (tertiary/aromatic N) is 2. The second kappa shape index (κ2) is 10.5. The van der Waals surface area contributed by atoms with Gasteiger partial charge >= 0.3 is 6.18 Å². The average Bonchev–Trinajstić information content (AvgIpc) is 2.89. The van der Waals surface area contributed by atoms with Gasteiger partial charge in [0.1, 0.15) is 5.38 Å². The standard InChI is InChI=1S/C27H24ClF3N2O2/c28-24(19-7-3-1-4-8-19)26(35)33(22-9-5-2-6-10-22)23-15-17-32(18-16-23)25(34)20-11-13-21(14-12-20)27(29,30)31/h1-14,23-24H,15-18H2. The normalized spacial score (nSPS) is 15.5. The molecule has 1 heterocycles. The third kappa shape index (κ3) is 5.68. The Labute approximate surface area is 206 Å². The molecule has 4 rings (SSSR count). The van der Waals surface area contributed by atoms with Crippen LogP contribution in [-0.4, -0.2) is 35.8 Å². The minimum absolute atomic E-state index is 0.175. The summed E-state index contributed by atoms with van der Waals surface area (Å²) < 4.78 is 38.5. The number of halogens is 4. The van der Waals surface area contributed by atoms with Crippen LogP contribution in [0.1, 0.15) is 39.7 Å². The number of likely N-dealkylation sites (tertiary alicyclic amines) is 1. The van der Waals surface area contributed by atoms with E-state index < -0.39 is 17.1 Å². The first-order valence-electron chi connectivity index (χ1n) is 11.3. The van der Waals surface area contributed by atoms with Crippen LogP contribution < -0.4 is 4.90 Å². The van der Waals surface area contributed by atoms with Gasteiger partial charge in [0.05, 0.1) is 5.56 Å². The molecular weight excluding hydrogens is 477 g/mol. The molecule has 0 aliphatic carbocycles. The van der Waals surface area contributed by atoms with E-state index in [0.717, 1.165) is 17.8 Å². The first kappa shape index (κ1) is 24.8. The summed E-state index contributed by atoms with van der Waals surface area (Å²) in [6.45, 7) is 0.749. The number of amides is 2. The SMILES string of the molecule is O=C(c1ccc(C(F)(F)F)cc1)N1CCC(N(C(=O)C(Cl)c2ccccc2)c2ccccc2)CC1. The molecular formula is C27H24ClF3N2O2. The fraction of sp³-hybridized carbons (Fsp3) is 0.259. The number of benzene rings is 3. The molecule has 3 aromatic rings. The van der Waals surface area contributed by atoms with Crippen LogP contribution in [0.4, 0.5) is 18.9 Å². The highest BCUT2D eigenvalue weighted by atomic mass is 35.5. The molecule has 2 amide bonds. The van der Waals surface area contributed by atoms with Gasteiger partial charge in [-0.25, -0.2) is 0 Å². The summed E-state index contributed by atoms with van der Waals surface area (Å²) in [5, 5.41) is -0.858. The van der Waals surface area contributed by atoms with E-state index in [1.807, 2.05) is 60.7 Å². The Morgan fingerprint density at radius 2 is 1.40 bits per heavy atom. The van der Waals surface area contributed by atoms with Gasteiger partial charge in [0.25, 0.3) is 5.91 Å². The van der Waals surface area contributed by atoms with E-state index in [4.69, 9.17) is 11.6 Å². The molecule has 0 N–H and O–H groups in total. The fourth-order valence-corrected chi connectivity index (χ4v) is 4.56. The van der Waals surface area contributed by atoms with Crippen molar-refractivity contribution in [1.82, 2.24) is 4.90 Å². The van der Waals surface area contributed by atoms with Gasteiger partial charge in [-0.3, -0.25) is 9.59 Å². The number of carbonyl (C=O) groups is 2. The Hall–Kier alpha value is -3.32. The van der Waals surface area contributed by atoms with Crippen LogP contribution in [0.15, 0.2) is 84.9 Å². The maximum atomic E-state index is 13.5. The van der Waals surface area contributed by atoms with Crippen molar-refractivity contribution in [2.45, 2.75) is 30.4 Å². The maximum Gasteiger partial charge on any atom is 0.416 e. The van der Waals surface area contributed by atoms with Crippen LogP contribution in [0.25, 0.3) is 0 Å². The summed E-state index contributed by atoms with van der Waals surface area (Å²) in [5.74, 6) is -0.564. The Morgan fingerprint density at radius 3 is 1.94 bits per heavy atom. The molecule has 182 valence electrons. The number of anilines is 1. The molecule has 35 heavy (non-hydrogen) atoms. The monoisotopic (exact) mass is 500 g/mol. The van der Waals surface area contributed by atoms with E-state index in [9.17, 15) is 22.8 Å². The van der Waals surface area contributed by atoms with Crippen LogP contribution in [0, 0.1) is 0 Å². The van der Waals surface area contributed by atoms with Gasteiger partial charge in [0, 0.05) is 30.4 Å². The highest BCUT2D eigenvalue weighted by Crippen LogP contribution is 2.32. The van der Waals surface area contributed by atoms with E-state index in [0.29, 0.717) is 31.5 Å². The molecule has 0 spiro atoms. The number of alkyl halides is 4. The van der Waals surface area contributed by atoms with Crippen LogP contribution >= 0.6 is 11.6 Å². The first-order chi connectivity index (χ1) is 16.8. The number of rotatable bonds is 5. The third-order valence-electron chi connectivity index (χ3n) is 6.16. The zero-order chi connectivity index (χ0) is 25.0. The topological polar surface area (TPSA) is 40.6 Å². The Bertz CT molecular complexity index is 1150. The zero-order valence-electron chi connectivity index (χ0n) is 18.8. The van der Waals surface area contributed by atoms with Crippen molar-refractivity contribution in [2.75, 3.05) is 18.0 Å². The van der Waals surface area contributed by atoms with Crippen molar-refractivity contribution in [3.8, 4) is 0 Å². The van der Waals surface area contributed by atoms with Gasteiger partial charge in [0.15, 0.2) is 0 Å². The summed E-state index contributed by atoms with van der Waals surface area (Å²) in [6, 6.07) is 22.5. The molecule has 1 atom stereocenters. The zero-order valence-corrected chi connectivity index (χ0v) is 19.5. The molecule has 1 aliphatic rings. The van der Waals surface area contributed by atoms with Crippen LogP contribution in [-0.2, 0) is 11.0 Å². The summed E-state index contributed by atoms with van der Waals surface area (Å²) in [6.07, 6.45) is -3.41. The number of piperidine rings is 1. The lowest BCUT2D eigenvalue weighted by atomic mass is 9.99. The molecule has 0 saturated carbocycles. The molecule has 1 saturated heterocycles. The van der Waals surface area contributed by atoms with E-state index >= 15 is 0 Å². The Kier molecular flexibility index (Phi) is 7.45. The van der Waals surface area contributed by atoms with Crippen molar-refractivity contribution < 1.29 is 22.8 Å². The second-order valence-electron chi connectivity index (χ2n) is 8.42. The number of hydrogen-bond donors (Lipinski definition) is 0. The lowest BCUT2D eigenvalue weighted by Gasteiger charge is -2.39. The van der Waals surface area contributed by atoms with Gasteiger partial charge in [-0.05, 0) is 54.8 Å². The van der Waals surface area contributed by atoms with Crippen LogP contribution in [0.2, 0.25) is 0 Å². The van der Waals surface area contributed by atoms with Gasteiger partial charge in [-0.1, -0.05) is 48.5 Å². The van der Waals surface area contributed by atoms with Gasteiger partial charge < -0.3 is 9.80 Å². The quantitative estimate of drug-likeness (QED) is 0.384. The number of carbonyl (C=O) groups excluding carboxylic acids is 2. The molecule has 0 radical (unpaired) electrons.